The Morgan fingerprint density at radius 2 is 1.34 bits per heavy atom. The average Bonchev–Trinajstić information content (AvgIpc) is 3.69. The van der Waals surface area contributed by atoms with Crippen molar-refractivity contribution in [1.29, 1.82) is 0 Å². The van der Waals surface area contributed by atoms with Crippen LogP contribution in [-0.4, -0.2) is 164 Å². The molecule has 0 amide bonds. The van der Waals surface area contributed by atoms with Gasteiger partial charge in [-0.25, -0.2) is 0 Å². The molecular formula is C45H72O16. The van der Waals surface area contributed by atoms with Crippen LogP contribution in [0.4, 0.5) is 0 Å². The van der Waals surface area contributed by atoms with Crippen molar-refractivity contribution in [1.82, 2.24) is 0 Å². The lowest BCUT2D eigenvalue weighted by Gasteiger charge is -2.58. The van der Waals surface area contributed by atoms with Gasteiger partial charge in [0.25, 0.3) is 0 Å². The summed E-state index contributed by atoms with van der Waals surface area (Å²) in [5.74, 6) is 2.64. The lowest BCUT2D eigenvalue weighted by molar-refractivity contribution is -0.388. The number of allylic oxidation sites excluding steroid dienone is 1. The highest BCUT2D eigenvalue weighted by Gasteiger charge is 2.69. The summed E-state index contributed by atoms with van der Waals surface area (Å²) in [5.41, 5.74) is 1.53. The van der Waals surface area contributed by atoms with Crippen LogP contribution in [-0.2, 0) is 37.9 Å². The number of rotatable bonds is 7. The van der Waals surface area contributed by atoms with Gasteiger partial charge in [0.05, 0.1) is 37.6 Å². The molecule has 4 aliphatic carbocycles. The van der Waals surface area contributed by atoms with Crippen molar-refractivity contribution in [3.8, 4) is 0 Å². The molecule has 0 aromatic carbocycles. The fourth-order valence-electron chi connectivity index (χ4n) is 14.0. The predicted octanol–water partition coefficient (Wildman–Crippen LogP) is 1.24. The van der Waals surface area contributed by atoms with Gasteiger partial charge < -0.3 is 78.7 Å². The first-order valence-corrected chi connectivity index (χ1v) is 23.2. The van der Waals surface area contributed by atoms with Crippen molar-refractivity contribution in [3.63, 3.8) is 0 Å². The van der Waals surface area contributed by atoms with Crippen molar-refractivity contribution in [2.45, 2.75) is 209 Å². The third kappa shape index (κ3) is 7.42. The Morgan fingerprint density at radius 1 is 0.689 bits per heavy atom. The maximum atomic E-state index is 12.0. The zero-order valence-electron chi connectivity index (χ0n) is 36.5. The average molecular weight is 869 g/mol. The lowest BCUT2D eigenvalue weighted by atomic mass is 9.47. The largest absolute Gasteiger partial charge is 0.394 e. The summed E-state index contributed by atoms with van der Waals surface area (Å²) < 4.78 is 50.1. The van der Waals surface area contributed by atoms with E-state index in [2.05, 4.69) is 33.8 Å². The fourth-order valence-corrected chi connectivity index (χ4v) is 14.0. The second-order valence-corrected chi connectivity index (χ2v) is 21.1. The predicted molar refractivity (Wildman–Crippen MR) is 213 cm³/mol. The van der Waals surface area contributed by atoms with Crippen LogP contribution >= 0.6 is 0 Å². The molecule has 6 unspecified atom stereocenters. The highest BCUT2D eigenvalue weighted by molar-refractivity contribution is 5.26. The van der Waals surface area contributed by atoms with Crippen molar-refractivity contribution in [2.24, 2.45) is 46.3 Å². The van der Waals surface area contributed by atoms with E-state index in [0.29, 0.717) is 48.3 Å². The van der Waals surface area contributed by atoms with Crippen LogP contribution in [0, 0.1) is 46.3 Å². The summed E-state index contributed by atoms with van der Waals surface area (Å²) >= 11 is 0. The van der Waals surface area contributed by atoms with E-state index in [4.69, 9.17) is 37.9 Å². The summed E-state index contributed by atoms with van der Waals surface area (Å²) in [4.78, 5) is 0. The van der Waals surface area contributed by atoms with Crippen molar-refractivity contribution >= 4 is 0 Å². The summed E-state index contributed by atoms with van der Waals surface area (Å²) in [6.45, 7) is 12.7. The molecular weight excluding hydrogens is 796 g/mol. The van der Waals surface area contributed by atoms with E-state index in [1.165, 1.54) is 25.8 Å². The molecule has 9 rings (SSSR count). The third-order valence-electron chi connectivity index (χ3n) is 17.6. The van der Waals surface area contributed by atoms with Crippen LogP contribution in [0.15, 0.2) is 11.6 Å². The Bertz CT molecular complexity index is 1590. The van der Waals surface area contributed by atoms with E-state index in [9.17, 15) is 40.9 Å². The SMILES string of the molecule is CC1O[C@@H](O[C@@H]2C(CO)O[C@@H](O[C@H]3CC[C@@]4(C)C(=CC[C@H]5[C@@H]6C[C@@H]7O[C@]8(CC[C@@H](C)CO8)[C@@H](C)[C@@H]7[C@@]6(C)CC[C@@H]54)C3)[C@@H](O[C@@H]3OC(C)[C@H](O)C(O)[C@@H]3O)C2O)[C@@H](O)C(O)[C@H]1O. The van der Waals surface area contributed by atoms with Crippen LogP contribution in [0.25, 0.3) is 0 Å². The summed E-state index contributed by atoms with van der Waals surface area (Å²) in [5, 5.41) is 85.9. The number of aliphatic hydroxyl groups excluding tert-OH is 8. The topological polar surface area (TPSA) is 236 Å². The van der Waals surface area contributed by atoms with Crippen molar-refractivity contribution < 1.29 is 78.7 Å². The Kier molecular flexibility index (Phi) is 12.4. The molecule has 0 radical (unpaired) electrons. The molecule has 5 heterocycles. The van der Waals surface area contributed by atoms with E-state index >= 15 is 0 Å². The lowest BCUT2D eigenvalue weighted by Crippen LogP contribution is -2.66. The maximum Gasteiger partial charge on any atom is 0.187 e. The molecule has 8 fully saturated rings. The molecule has 16 heteroatoms. The van der Waals surface area contributed by atoms with E-state index in [0.717, 1.165) is 45.1 Å². The highest BCUT2D eigenvalue weighted by Crippen LogP contribution is 2.70. The zero-order chi connectivity index (χ0) is 43.5. The number of fused-ring (bicyclic) bond motifs is 7. The van der Waals surface area contributed by atoms with Crippen LogP contribution < -0.4 is 0 Å². The second-order valence-electron chi connectivity index (χ2n) is 21.1. The molecule has 1 spiro atoms. The van der Waals surface area contributed by atoms with Gasteiger partial charge in [-0.3, -0.25) is 0 Å². The van der Waals surface area contributed by atoms with E-state index in [1.807, 2.05) is 0 Å². The van der Waals surface area contributed by atoms with Crippen molar-refractivity contribution in [2.75, 3.05) is 13.2 Å². The molecule has 0 bridgehead atoms. The first kappa shape index (κ1) is 45.3. The van der Waals surface area contributed by atoms with Gasteiger partial charge in [0, 0.05) is 12.3 Å². The number of hydrogen-bond donors (Lipinski definition) is 8. The minimum atomic E-state index is -1.71. The first-order valence-electron chi connectivity index (χ1n) is 23.2. The molecule has 348 valence electrons. The molecule has 61 heavy (non-hydrogen) atoms. The van der Waals surface area contributed by atoms with Gasteiger partial charge in [-0.2, -0.15) is 0 Å². The Labute approximate surface area is 358 Å². The molecule has 9 aliphatic rings. The number of hydrogen-bond acceptors (Lipinski definition) is 16. The summed E-state index contributed by atoms with van der Waals surface area (Å²) in [6.07, 6.45) is -10.4. The smallest absolute Gasteiger partial charge is 0.187 e. The molecule has 16 nitrogen and oxygen atoms in total. The van der Waals surface area contributed by atoms with E-state index in [-0.39, 0.29) is 23.0 Å². The van der Waals surface area contributed by atoms with Gasteiger partial charge in [0.15, 0.2) is 24.7 Å². The minimum Gasteiger partial charge on any atom is -0.394 e. The standard InChI is InChI=1S/C45H72O16/c1-19-9-14-45(54-18-19)20(2)30-28(61-45)16-27-25-8-7-23-15-24(10-12-43(23,5)26(25)11-13-44(27,30)6)57-42-39(60-41-36(52)34(50)32(48)22(4)56-41)37(53)38(29(17-46)58-42)59-40-35(51)33(49)31(47)21(3)55-40/h7,19-22,24-42,46-53H,8-18H2,1-6H3/t19-,20+,21?,22?,24+,25-,26+,27+,28+,29?,30+,31+,32+,33?,34?,35+,36+,37?,38-,39+,40+,41+,42-,43+,44+,45-/m1/s1. The zero-order valence-corrected chi connectivity index (χ0v) is 36.5. The Morgan fingerprint density at radius 3 is 1.97 bits per heavy atom. The minimum absolute atomic E-state index is 0.0171. The van der Waals surface area contributed by atoms with Crippen LogP contribution in [0.1, 0.15) is 99.3 Å². The summed E-state index contributed by atoms with van der Waals surface area (Å²) in [6, 6.07) is 0. The second kappa shape index (κ2) is 16.8. The van der Waals surface area contributed by atoms with E-state index < -0.39 is 105 Å². The molecule has 5 aliphatic heterocycles. The van der Waals surface area contributed by atoms with Gasteiger partial charge in [0.2, 0.25) is 0 Å². The molecule has 3 saturated carbocycles. The maximum absolute atomic E-state index is 12.0. The number of aliphatic hydroxyl groups is 8. The van der Waals surface area contributed by atoms with Crippen molar-refractivity contribution in [3.05, 3.63) is 11.6 Å². The van der Waals surface area contributed by atoms with E-state index in [1.54, 1.807) is 0 Å². The highest BCUT2D eigenvalue weighted by atomic mass is 16.8. The quantitative estimate of drug-likeness (QED) is 0.168. The molecule has 26 atom stereocenters. The summed E-state index contributed by atoms with van der Waals surface area (Å²) in [7, 11) is 0. The first-order chi connectivity index (χ1) is 28.9. The Hall–Kier alpha value is -0.900. The van der Waals surface area contributed by atoms with Gasteiger partial charge in [-0.05, 0) is 106 Å². The normalized spacial score (nSPS) is 58.4. The van der Waals surface area contributed by atoms with Crippen LogP contribution in [0.2, 0.25) is 0 Å². The fraction of sp³-hybridized carbons (Fsp3) is 0.956. The molecule has 0 aromatic heterocycles. The molecule has 5 saturated heterocycles. The van der Waals surface area contributed by atoms with Gasteiger partial charge >= 0.3 is 0 Å². The van der Waals surface area contributed by atoms with Crippen LogP contribution in [0.5, 0.6) is 0 Å². The monoisotopic (exact) mass is 868 g/mol. The van der Waals surface area contributed by atoms with Gasteiger partial charge in [-0.15, -0.1) is 0 Å². The molecule has 8 N–H and O–H groups in total. The molecule has 0 aromatic rings. The van der Waals surface area contributed by atoms with Gasteiger partial charge in [0.1, 0.15) is 61.0 Å². The third-order valence-corrected chi connectivity index (χ3v) is 17.6. The van der Waals surface area contributed by atoms with Crippen LogP contribution in [0.3, 0.4) is 0 Å². The Balaban J connectivity index is 0.916. The van der Waals surface area contributed by atoms with Gasteiger partial charge in [-0.1, -0.05) is 39.3 Å². The number of ether oxygens (including phenoxy) is 8.